The number of aryl methyl sites for hydroxylation is 1. The van der Waals surface area contributed by atoms with Crippen LogP contribution in [0.2, 0.25) is 0 Å². The SMILES string of the molecule is Cc1nc(-c2ccccc2NCc2ccccc2)n[nH]1. The average Bonchev–Trinajstić information content (AvgIpc) is 2.93. The number of hydrogen-bond donors (Lipinski definition) is 2. The highest BCUT2D eigenvalue weighted by Crippen LogP contribution is 2.25. The highest BCUT2D eigenvalue weighted by molar-refractivity contribution is 5.73. The van der Waals surface area contributed by atoms with Crippen molar-refractivity contribution in [1.82, 2.24) is 15.2 Å². The lowest BCUT2D eigenvalue weighted by molar-refractivity contribution is 1.04. The van der Waals surface area contributed by atoms with E-state index in [2.05, 4.69) is 32.6 Å². The molecule has 2 aromatic carbocycles. The maximum absolute atomic E-state index is 4.39. The van der Waals surface area contributed by atoms with Gasteiger partial charge in [0.15, 0.2) is 5.82 Å². The molecule has 0 saturated heterocycles. The molecule has 0 fully saturated rings. The van der Waals surface area contributed by atoms with Gasteiger partial charge in [-0.15, -0.1) is 0 Å². The van der Waals surface area contributed by atoms with E-state index in [4.69, 9.17) is 0 Å². The van der Waals surface area contributed by atoms with Crippen molar-refractivity contribution in [3.05, 3.63) is 66.0 Å². The maximum atomic E-state index is 4.39. The van der Waals surface area contributed by atoms with Crippen LogP contribution in [0.25, 0.3) is 11.4 Å². The van der Waals surface area contributed by atoms with Crippen LogP contribution in [0.5, 0.6) is 0 Å². The van der Waals surface area contributed by atoms with Crippen molar-refractivity contribution in [1.29, 1.82) is 0 Å². The Bertz CT molecular complexity index is 688. The minimum absolute atomic E-state index is 0.721. The van der Waals surface area contributed by atoms with Gasteiger partial charge in [-0.3, -0.25) is 5.10 Å². The number of H-pyrrole nitrogens is 1. The molecule has 3 aromatic rings. The molecule has 0 aliphatic heterocycles. The van der Waals surface area contributed by atoms with E-state index < -0.39 is 0 Å². The molecule has 100 valence electrons. The Morgan fingerprint density at radius 2 is 1.75 bits per heavy atom. The average molecular weight is 264 g/mol. The zero-order valence-corrected chi connectivity index (χ0v) is 11.3. The molecule has 2 N–H and O–H groups in total. The molecule has 0 radical (unpaired) electrons. The van der Waals surface area contributed by atoms with Gasteiger partial charge in [0.2, 0.25) is 0 Å². The summed E-state index contributed by atoms with van der Waals surface area (Å²) in [6.07, 6.45) is 0. The molecule has 1 heterocycles. The first kappa shape index (κ1) is 12.4. The van der Waals surface area contributed by atoms with Gasteiger partial charge in [0, 0.05) is 17.8 Å². The van der Waals surface area contributed by atoms with Gasteiger partial charge in [-0.2, -0.15) is 5.10 Å². The normalized spacial score (nSPS) is 10.4. The molecule has 0 aliphatic rings. The van der Waals surface area contributed by atoms with E-state index in [1.54, 1.807) is 0 Å². The lowest BCUT2D eigenvalue weighted by atomic mass is 10.1. The zero-order valence-electron chi connectivity index (χ0n) is 11.3. The third kappa shape index (κ3) is 2.69. The largest absolute Gasteiger partial charge is 0.380 e. The van der Waals surface area contributed by atoms with E-state index in [-0.39, 0.29) is 0 Å². The molecule has 20 heavy (non-hydrogen) atoms. The first-order valence-electron chi connectivity index (χ1n) is 6.59. The van der Waals surface area contributed by atoms with Crippen LogP contribution in [-0.2, 0) is 6.54 Å². The molecule has 0 aliphatic carbocycles. The van der Waals surface area contributed by atoms with Crippen LogP contribution in [0.1, 0.15) is 11.4 Å². The number of nitrogens with one attached hydrogen (secondary N) is 2. The second kappa shape index (κ2) is 5.57. The number of hydrogen-bond acceptors (Lipinski definition) is 3. The Hall–Kier alpha value is -2.62. The van der Waals surface area contributed by atoms with Crippen molar-refractivity contribution in [2.45, 2.75) is 13.5 Å². The van der Waals surface area contributed by atoms with Crippen LogP contribution in [0, 0.1) is 6.92 Å². The van der Waals surface area contributed by atoms with Crippen LogP contribution in [0.15, 0.2) is 54.6 Å². The van der Waals surface area contributed by atoms with Crippen LogP contribution in [-0.4, -0.2) is 15.2 Å². The third-order valence-corrected chi connectivity index (χ3v) is 3.09. The number of benzene rings is 2. The van der Waals surface area contributed by atoms with Gasteiger partial charge in [0.1, 0.15) is 5.82 Å². The van der Waals surface area contributed by atoms with Gasteiger partial charge in [-0.05, 0) is 24.6 Å². The smallest absolute Gasteiger partial charge is 0.183 e. The predicted octanol–water partition coefficient (Wildman–Crippen LogP) is 3.39. The molecule has 0 unspecified atom stereocenters. The summed E-state index contributed by atoms with van der Waals surface area (Å²) in [6, 6.07) is 18.4. The van der Waals surface area contributed by atoms with Crippen molar-refractivity contribution in [3.63, 3.8) is 0 Å². The first-order chi connectivity index (χ1) is 9.83. The topological polar surface area (TPSA) is 53.6 Å². The Balaban J connectivity index is 1.83. The Labute approximate surface area is 117 Å². The monoisotopic (exact) mass is 264 g/mol. The lowest BCUT2D eigenvalue weighted by Gasteiger charge is -2.10. The lowest BCUT2D eigenvalue weighted by Crippen LogP contribution is -2.01. The van der Waals surface area contributed by atoms with E-state index in [0.29, 0.717) is 0 Å². The third-order valence-electron chi connectivity index (χ3n) is 3.09. The van der Waals surface area contributed by atoms with Crippen molar-refractivity contribution in [2.24, 2.45) is 0 Å². The molecular formula is C16H16N4. The number of nitrogens with zero attached hydrogens (tertiary/aromatic N) is 2. The van der Waals surface area contributed by atoms with Crippen molar-refractivity contribution >= 4 is 5.69 Å². The molecule has 0 saturated carbocycles. The second-order valence-corrected chi connectivity index (χ2v) is 4.63. The number of anilines is 1. The summed E-state index contributed by atoms with van der Waals surface area (Å²) >= 11 is 0. The van der Waals surface area contributed by atoms with Crippen molar-refractivity contribution in [3.8, 4) is 11.4 Å². The number of aromatic amines is 1. The minimum Gasteiger partial charge on any atom is -0.380 e. The maximum Gasteiger partial charge on any atom is 0.183 e. The summed E-state index contributed by atoms with van der Waals surface area (Å²) in [4.78, 5) is 4.39. The fourth-order valence-corrected chi connectivity index (χ4v) is 2.09. The van der Waals surface area contributed by atoms with Crippen LogP contribution in [0.3, 0.4) is 0 Å². The quantitative estimate of drug-likeness (QED) is 0.759. The highest BCUT2D eigenvalue weighted by atomic mass is 15.2. The summed E-state index contributed by atoms with van der Waals surface area (Å²) < 4.78 is 0. The highest BCUT2D eigenvalue weighted by Gasteiger charge is 2.08. The molecule has 3 rings (SSSR count). The molecule has 4 nitrogen and oxygen atoms in total. The molecule has 0 bridgehead atoms. The Morgan fingerprint density at radius 1 is 1.00 bits per heavy atom. The fraction of sp³-hybridized carbons (Fsp3) is 0.125. The molecule has 0 spiro atoms. The van der Waals surface area contributed by atoms with Crippen molar-refractivity contribution < 1.29 is 0 Å². The number of para-hydroxylation sites is 1. The Morgan fingerprint density at radius 3 is 2.50 bits per heavy atom. The van der Waals surface area contributed by atoms with E-state index in [1.165, 1.54) is 5.56 Å². The van der Waals surface area contributed by atoms with Crippen LogP contribution < -0.4 is 5.32 Å². The van der Waals surface area contributed by atoms with Gasteiger partial charge >= 0.3 is 0 Å². The fourth-order valence-electron chi connectivity index (χ4n) is 2.09. The number of aromatic nitrogens is 3. The Kier molecular flexibility index (Phi) is 3.46. The van der Waals surface area contributed by atoms with E-state index in [0.717, 1.165) is 29.4 Å². The molecule has 4 heteroatoms. The van der Waals surface area contributed by atoms with Gasteiger partial charge in [0.25, 0.3) is 0 Å². The minimum atomic E-state index is 0.721. The van der Waals surface area contributed by atoms with E-state index in [9.17, 15) is 0 Å². The van der Waals surface area contributed by atoms with E-state index in [1.807, 2.05) is 49.4 Å². The van der Waals surface area contributed by atoms with Crippen LogP contribution >= 0.6 is 0 Å². The molecule has 1 aromatic heterocycles. The summed E-state index contributed by atoms with van der Waals surface area (Å²) in [7, 11) is 0. The molecule has 0 amide bonds. The van der Waals surface area contributed by atoms with Gasteiger partial charge < -0.3 is 5.32 Å². The summed E-state index contributed by atoms with van der Waals surface area (Å²) in [5.41, 5.74) is 3.29. The molecule has 0 atom stereocenters. The summed E-state index contributed by atoms with van der Waals surface area (Å²) in [5, 5.41) is 10.5. The summed E-state index contributed by atoms with van der Waals surface area (Å²) in [6.45, 7) is 2.68. The second-order valence-electron chi connectivity index (χ2n) is 4.63. The van der Waals surface area contributed by atoms with Crippen molar-refractivity contribution in [2.75, 3.05) is 5.32 Å². The predicted molar refractivity (Wildman–Crippen MR) is 80.3 cm³/mol. The zero-order chi connectivity index (χ0) is 13.8. The number of rotatable bonds is 4. The van der Waals surface area contributed by atoms with Gasteiger partial charge in [0.05, 0.1) is 0 Å². The standard InChI is InChI=1S/C16H16N4/c1-12-18-16(20-19-12)14-9-5-6-10-15(14)17-11-13-7-3-2-4-8-13/h2-10,17H,11H2,1H3,(H,18,19,20). The summed E-state index contributed by atoms with van der Waals surface area (Å²) in [5.74, 6) is 1.54. The van der Waals surface area contributed by atoms with E-state index >= 15 is 0 Å². The van der Waals surface area contributed by atoms with Gasteiger partial charge in [-0.1, -0.05) is 42.5 Å². The van der Waals surface area contributed by atoms with Crippen LogP contribution in [0.4, 0.5) is 5.69 Å². The van der Waals surface area contributed by atoms with Gasteiger partial charge in [-0.25, -0.2) is 4.98 Å². The first-order valence-corrected chi connectivity index (χ1v) is 6.59. The molecular weight excluding hydrogens is 248 g/mol.